The molecule has 18 heavy (non-hydrogen) atoms. The fourth-order valence-corrected chi connectivity index (χ4v) is 0. The molecule has 0 bridgehead atoms. The molecule has 112 valence electrons. The maximum Gasteiger partial charge on any atom is 0.249 e. The highest BCUT2D eigenvalue weighted by atomic mass is 16.6. The highest BCUT2D eigenvalue weighted by Gasteiger charge is 1.88. The molecule has 0 radical (unpaired) electrons. The van der Waals surface area contributed by atoms with Crippen molar-refractivity contribution in [1.82, 2.24) is 0 Å². The molecular formula is C10H26N2O6. The van der Waals surface area contributed by atoms with Crippen molar-refractivity contribution in [2.24, 2.45) is 0 Å². The van der Waals surface area contributed by atoms with Gasteiger partial charge in [0, 0.05) is 0 Å². The number of quaternary nitrogens is 2. The zero-order chi connectivity index (χ0) is 16.2. The van der Waals surface area contributed by atoms with Crippen molar-refractivity contribution in [3.8, 4) is 0 Å². The molecule has 0 atom stereocenters. The Kier molecular flexibility index (Phi) is 16.8. The van der Waals surface area contributed by atoms with Gasteiger partial charge in [-0.15, -0.1) is 0 Å². The van der Waals surface area contributed by atoms with Gasteiger partial charge in [-0.1, -0.05) is 0 Å². The van der Waals surface area contributed by atoms with Crippen LogP contribution in [0.5, 0.6) is 0 Å². The molecule has 0 aliphatic heterocycles. The van der Waals surface area contributed by atoms with E-state index in [0.29, 0.717) is 0 Å². The number of hydrogen-bond donors (Lipinski definition) is 2. The lowest BCUT2D eigenvalue weighted by Crippen LogP contribution is -2.27. The molecule has 0 saturated heterocycles. The zero-order valence-corrected chi connectivity index (χ0v) is 12.4. The van der Waals surface area contributed by atoms with E-state index < -0.39 is 12.3 Å². The standard InChI is InChI=1S/2C4H12N.2CH2O3/c2*1-5(2,3)4;2*2-1(3)4/h2*1-4H3;2*(H2,2,3,4)/q2*+1;;/p-2. The van der Waals surface area contributed by atoms with Gasteiger partial charge in [-0.05, 0) is 0 Å². The van der Waals surface area contributed by atoms with E-state index in [4.69, 9.17) is 30.0 Å². The molecule has 0 spiro atoms. The zero-order valence-electron chi connectivity index (χ0n) is 12.4. The van der Waals surface area contributed by atoms with Crippen LogP contribution in [0.15, 0.2) is 0 Å². The molecule has 8 nitrogen and oxygen atoms in total. The van der Waals surface area contributed by atoms with Gasteiger partial charge in [0.05, 0.1) is 56.4 Å². The minimum absolute atomic E-state index is 1.00. The van der Waals surface area contributed by atoms with Crippen LogP contribution < -0.4 is 10.2 Å². The van der Waals surface area contributed by atoms with Crippen LogP contribution in [-0.4, -0.2) is 87.9 Å². The summed E-state index contributed by atoms with van der Waals surface area (Å²) in [5, 5.41) is 30.6. The monoisotopic (exact) mass is 270 g/mol. The van der Waals surface area contributed by atoms with Gasteiger partial charge in [-0.3, -0.25) is 0 Å². The summed E-state index contributed by atoms with van der Waals surface area (Å²) < 4.78 is 2.00. The summed E-state index contributed by atoms with van der Waals surface area (Å²) in [6.45, 7) is 0. The van der Waals surface area contributed by atoms with Crippen LogP contribution in [0.1, 0.15) is 0 Å². The van der Waals surface area contributed by atoms with Crippen LogP contribution in [0.2, 0.25) is 0 Å². The first kappa shape index (κ1) is 25.3. The average Bonchev–Trinajstić information content (AvgIpc) is 1.70. The van der Waals surface area contributed by atoms with E-state index in [1.807, 2.05) is 0 Å². The summed E-state index contributed by atoms with van der Waals surface area (Å²) in [7, 11) is 17.0. The number of hydrogen-bond acceptors (Lipinski definition) is 4. The first-order valence-electron chi connectivity index (χ1n) is 4.84. The molecule has 0 aromatic carbocycles. The van der Waals surface area contributed by atoms with Gasteiger partial charge in [0.1, 0.15) is 0 Å². The largest absolute Gasteiger partial charge is 0.565 e. The van der Waals surface area contributed by atoms with Crippen LogP contribution >= 0.6 is 0 Å². The minimum atomic E-state index is -2.08. The minimum Gasteiger partial charge on any atom is -0.565 e. The van der Waals surface area contributed by atoms with Gasteiger partial charge in [0.15, 0.2) is 0 Å². The van der Waals surface area contributed by atoms with Crippen LogP contribution in [0.3, 0.4) is 0 Å². The van der Waals surface area contributed by atoms with Crippen molar-refractivity contribution in [2.75, 3.05) is 56.4 Å². The molecule has 0 unspecified atom stereocenters. The lowest BCUT2D eigenvalue weighted by Gasteiger charge is -2.14. The number of carboxylic acid groups (broad SMARTS) is 4. The van der Waals surface area contributed by atoms with E-state index in [9.17, 15) is 0 Å². The Labute approximate surface area is 108 Å². The second-order valence-corrected chi connectivity index (χ2v) is 5.90. The van der Waals surface area contributed by atoms with E-state index in [1.165, 1.54) is 0 Å². The fraction of sp³-hybridized carbons (Fsp3) is 0.800. The number of rotatable bonds is 0. The predicted molar refractivity (Wildman–Crippen MR) is 64.0 cm³/mol. The second-order valence-electron chi connectivity index (χ2n) is 5.90. The summed E-state index contributed by atoms with van der Waals surface area (Å²) in [5.74, 6) is 0. The smallest absolute Gasteiger partial charge is 0.249 e. The van der Waals surface area contributed by atoms with Gasteiger partial charge in [0.2, 0.25) is 12.3 Å². The Balaban J connectivity index is -0.0000000731. The number of carbonyl (C=O) groups is 2. The third-order valence-corrected chi connectivity index (χ3v) is 0. The topological polar surface area (TPSA) is 121 Å². The maximum absolute atomic E-state index is 8.44. The third kappa shape index (κ3) is 1100. The SMILES string of the molecule is C[N+](C)(C)C.C[N+](C)(C)C.O=C([O-])O.O=C([O-])O. The predicted octanol–water partition coefficient (Wildman–Crippen LogP) is -1.58. The maximum atomic E-state index is 8.44. The molecule has 0 amide bonds. The van der Waals surface area contributed by atoms with Gasteiger partial charge < -0.3 is 39.0 Å². The van der Waals surface area contributed by atoms with E-state index in [2.05, 4.69) is 56.4 Å². The Hall–Kier alpha value is -1.54. The molecule has 2 N–H and O–H groups in total. The van der Waals surface area contributed by atoms with Crippen LogP contribution in [0, 0.1) is 0 Å². The molecule has 0 aromatic rings. The van der Waals surface area contributed by atoms with Gasteiger partial charge in [-0.2, -0.15) is 0 Å². The quantitative estimate of drug-likeness (QED) is 0.512. The van der Waals surface area contributed by atoms with Gasteiger partial charge >= 0.3 is 0 Å². The molecule has 0 rings (SSSR count). The van der Waals surface area contributed by atoms with E-state index >= 15 is 0 Å². The van der Waals surface area contributed by atoms with E-state index in [0.717, 1.165) is 8.97 Å². The molecular weight excluding hydrogens is 244 g/mol. The summed E-state index contributed by atoms with van der Waals surface area (Å²) in [4.78, 5) is 16.9. The summed E-state index contributed by atoms with van der Waals surface area (Å²) >= 11 is 0. The summed E-state index contributed by atoms with van der Waals surface area (Å²) in [6, 6.07) is 0. The summed E-state index contributed by atoms with van der Waals surface area (Å²) in [6.07, 6.45) is -4.17. The van der Waals surface area contributed by atoms with Crippen molar-refractivity contribution in [1.29, 1.82) is 0 Å². The molecule has 0 saturated carbocycles. The molecule has 0 fully saturated rings. The molecule has 0 aliphatic rings. The lowest BCUT2D eigenvalue weighted by molar-refractivity contribution is -0.849. The third-order valence-electron chi connectivity index (χ3n) is 0. The first-order chi connectivity index (χ1) is 7.46. The lowest BCUT2D eigenvalue weighted by atomic mass is 10.8. The van der Waals surface area contributed by atoms with Gasteiger partial charge in [0.25, 0.3) is 0 Å². The Morgan fingerprint density at radius 2 is 0.667 bits per heavy atom. The van der Waals surface area contributed by atoms with E-state index in [-0.39, 0.29) is 0 Å². The highest BCUT2D eigenvalue weighted by Crippen LogP contribution is 1.74. The van der Waals surface area contributed by atoms with Crippen LogP contribution in [-0.2, 0) is 0 Å². The molecule has 0 aliphatic carbocycles. The Morgan fingerprint density at radius 3 is 0.667 bits per heavy atom. The van der Waals surface area contributed by atoms with Gasteiger partial charge in [-0.25, -0.2) is 0 Å². The second kappa shape index (κ2) is 11.9. The van der Waals surface area contributed by atoms with Crippen LogP contribution in [0.4, 0.5) is 9.59 Å². The molecule has 0 aromatic heterocycles. The van der Waals surface area contributed by atoms with Crippen molar-refractivity contribution in [2.45, 2.75) is 0 Å². The fourth-order valence-electron chi connectivity index (χ4n) is 0. The van der Waals surface area contributed by atoms with Crippen LogP contribution in [0.25, 0.3) is 0 Å². The highest BCUT2D eigenvalue weighted by molar-refractivity contribution is 5.50. The van der Waals surface area contributed by atoms with Crippen molar-refractivity contribution < 1.29 is 39.0 Å². The van der Waals surface area contributed by atoms with E-state index in [1.54, 1.807) is 0 Å². The average molecular weight is 270 g/mol. The molecule has 8 heteroatoms. The Bertz CT molecular complexity index is 173. The Morgan fingerprint density at radius 1 is 0.667 bits per heavy atom. The normalized spacial score (nSPS) is 9.33. The van der Waals surface area contributed by atoms with Crippen molar-refractivity contribution in [3.63, 3.8) is 0 Å². The van der Waals surface area contributed by atoms with Crippen molar-refractivity contribution in [3.05, 3.63) is 0 Å². The van der Waals surface area contributed by atoms with Crippen molar-refractivity contribution >= 4 is 12.3 Å². The number of nitrogens with zero attached hydrogens (tertiary/aromatic N) is 2. The summed E-state index contributed by atoms with van der Waals surface area (Å²) in [5.41, 5.74) is 0. The first-order valence-corrected chi connectivity index (χ1v) is 4.84. The molecule has 0 heterocycles.